The van der Waals surface area contributed by atoms with E-state index in [9.17, 15) is 0 Å². The summed E-state index contributed by atoms with van der Waals surface area (Å²) in [7, 11) is 0. The number of rotatable bonds is 6. The molecule has 0 radical (unpaired) electrons. The Morgan fingerprint density at radius 3 is 2.65 bits per heavy atom. The molecule has 0 saturated carbocycles. The summed E-state index contributed by atoms with van der Waals surface area (Å²) in [6.07, 6.45) is 13.3. The first-order valence-electron chi connectivity index (χ1n) is 12.6. The number of fused-ring (bicyclic) bond motifs is 1. The van der Waals surface area contributed by atoms with Gasteiger partial charge in [-0.15, -0.1) is 0 Å². The lowest BCUT2D eigenvalue weighted by Crippen LogP contribution is -2.36. The number of likely N-dealkylation sites (tertiary alicyclic amines) is 1. The predicted octanol–water partition coefficient (Wildman–Crippen LogP) is 5.32. The first-order chi connectivity index (χ1) is 18.1. The van der Waals surface area contributed by atoms with Gasteiger partial charge < -0.3 is 10.5 Å². The fourth-order valence-corrected chi connectivity index (χ4v) is 5.17. The van der Waals surface area contributed by atoms with Crippen molar-refractivity contribution in [1.82, 2.24) is 29.4 Å². The molecule has 188 valence electrons. The van der Waals surface area contributed by atoms with Crippen molar-refractivity contribution in [2.45, 2.75) is 38.3 Å². The Kier molecular flexibility index (Phi) is 6.59. The third-order valence-electron chi connectivity index (χ3n) is 6.84. The van der Waals surface area contributed by atoms with E-state index >= 15 is 0 Å². The quantitative estimate of drug-likeness (QED) is 0.372. The van der Waals surface area contributed by atoms with Gasteiger partial charge in [0.15, 0.2) is 11.5 Å². The topological polar surface area (TPSA) is 95.0 Å². The van der Waals surface area contributed by atoms with Crippen LogP contribution in [-0.2, 0) is 11.3 Å². The van der Waals surface area contributed by atoms with Gasteiger partial charge in [-0.25, -0.2) is 15.0 Å². The van der Waals surface area contributed by atoms with E-state index in [1.165, 1.54) is 5.56 Å². The Morgan fingerprint density at radius 2 is 1.89 bits per heavy atom. The van der Waals surface area contributed by atoms with E-state index in [0.717, 1.165) is 79.5 Å². The van der Waals surface area contributed by atoms with Gasteiger partial charge in [0, 0.05) is 50.3 Å². The van der Waals surface area contributed by atoms with E-state index in [-0.39, 0.29) is 6.10 Å². The lowest BCUT2D eigenvalue weighted by atomic mass is 10.1. The molecular weight excluding hydrogens is 486 g/mol. The number of anilines is 1. The van der Waals surface area contributed by atoms with E-state index in [0.29, 0.717) is 10.8 Å². The molecule has 9 heteroatoms. The van der Waals surface area contributed by atoms with Crippen molar-refractivity contribution in [3.63, 3.8) is 0 Å². The summed E-state index contributed by atoms with van der Waals surface area (Å²) in [5.41, 5.74) is 10.5. The molecule has 1 saturated heterocycles. The number of hydrogen-bond acceptors (Lipinski definition) is 7. The fourth-order valence-electron chi connectivity index (χ4n) is 5.02. The van der Waals surface area contributed by atoms with Gasteiger partial charge in [-0.2, -0.15) is 0 Å². The van der Waals surface area contributed by atoms with Crippen molar-refractivity contribution in [2.75, 3.05) is 18.8 Å². The highest BCUT2D eigenvalue weighted by atomic mass is 35.5. The standard InChI is InChI=1S/C28H28ClN7O/c29-20-16-25-27(33-17-20)36(28(34-25)24-3-1-2-11-31-24)21-4-6-22(7-5-21)37-23-9-13-35(14-10-23)18-19-8-12-32-26(30)15-19/h1-4,6,8,11-12,15-17,23H,5,7,9-10,13-14,18H2,(H2,30,32). The molecule has 4 aromatic heterocycles. The summed E-state index contributed by atoms with van der Waals surface area (Å²) in [5, 5.41) is 0.564. The van der Waals surface area contributed by atoms with Crippen LogP contribution in [0.25, 0.3) is 28.4 Å². The summed E-state index contributed by atoms with van der Waals surface area (Å²) < 4.78 is 8.51. The Hall–Kier alpha value is -3.75. The van der Waals surface area contributed by atoms with Crippen LogP contribution in [0.15, 0.2) is 72.9 Å². The highest BCUT2D eigenvalue weighted by molar-refractivity contribution is 6.31. The maximum atomic E-state index is 6.42. The maximum absolute atomic E-state index is 6.42. The number of piperidine rings is 1. The van der Waals surface area contributed by atoms with Crippen LogP contribution < -0.4 is 5.73 Å². The number of nitrogen functional groups attached to an aromatic ring is 1. The van der Waals surface area contributed by atoms with Crippen LogP contribution >= 0.6 is 11.6 Å². The molecule has 2 aliphatic rings. The van der Waals surface area contributed by atoms with E-state index in [1.807, 2.05) is 36.4 Å². The molecule has 0 bridgehead atoms. The summed E-state index contributed by atoms with van der Waals surface area (Å²) >= 11 is 6.20. The monoisotopic (exact) mass is 513 g/mol. The lowest BCUT2D eigenvalue weighted by molar-refractivity contribution is 0.0440. The van der Waals surface area contributed by atoms with Gasteiger partial charge in [-0.3, -0.25) is 14.5 Å². The Morgan fingerprint density at radius 1 is 1.00 bits per heavy atom. The number of allylic oxidation sites excluding steroid dienone is 4. The Bertz CT molecular complexity index is 1470. The largest absolute Gasteiger partial charge is 0.495 e. The summed E-state index contributed by atoms with van der Waals surface area (Å²) in [4.78, 5) is 20.5. The number of pyridine rings is 3. The average Bonchev–Trinajstić information content (AvgIpc) is 3.29. The molecule has 2 N–H and O–H groups in total. The van der Waals surface area contributed by atoms with Gasteiger partial charge >= 0.3 is 0 Å². The van der Waals surface area contributed by atoms with Crippen molar-refractivity contribution >= 4 is 34.3 Å². The number of halogens is 1. The van der Waals surface area contributed by atoms with E-state index in [2.05, 4.69) is 36.6 Å². The zero-order valence-electron chi connectivity index (χ0n) is 20.4. The molecule has 4 aromatic rings. The summed E-state index contributed by atoms with van der Waals surface area (Å²) in [5.74, 6) is 2.37. The molecule has 37 heavy (non-hydrogen) atoms. The minimum atomic E-state index is 0.238. The van der Waals surface area contributed by atoms with Crippen molar-refractivity contribution in [1.29, 1.82) is 0 Å². The summed E-state index contributed by atoms with van der Waals surface area (Å²) in [6.45, 7) is 2.90. The second-order valence-corrected chi connectivity index (χ2v) is 9.89. The van der Waals surface area contributed by atoms with Crippen LogP contribution in [0.3, 0.4) is 0 Å². The third-order valence-corrected chi connectivity index (χ3v) is 7.05. The van der Waals surface area contributed by atoms with Crippen molar-refractivity contribution in [3.8, 4) is 11.5 Å². The number of hydrogen-bond donors (Lipinski definition) is 1. The van der Waals surface area contributed by atoms with Gasteiger partial charge in [-0.05, 0) is 67.3 Å². The van der Waals surface area contributed by atoms with Crippen molar-refractivity contribution < 1.29 is 4.74 Å². The molecule has 1 aliphatic carbocycles. The van der Waals surface area contributed by atoms with E-state index in [4.69, 9.17) is 27.1 Å². The highest BCUT2D eigenvalue weighted by Gasteiger charge is 2.24. The normalized spacial score (nSPS) is 17.0. The Balaban J connectivity index is 1.16. The predicted molar refractivity (Wildman–Crippen MR) is 145 cm³/mol. The second kappa shape index (κ2) is 10.3. The first-order valence-corrected chi connectivity index (χ1v) is 12.9. The smallest absolute Gasteiger partial charge is 0.165 e. The third kappa shape index (κ3) is 5.21. The minimum absolute atomic E-state index is 0.238. The van der Waals surface area contributed by atoms with Crippen molar-refractivity contribution in [2.24, 2.45) is 0 Å². The van der Waals surface area contributed by atoms with Gasteiger partial charge in [-0.1, -0.05) is 17.7 Å². The average molecular weight is 514 g/mol. The number of nitrogens with two attached hydrogens (primary N) is 1. The molecule has 8 nitrogen and oxygen atoms in total. The van der Waals surface area contributed by atoms with Crippen LogP contribution in [0.2, 0.25) is 5.02 Å². The zero-order chi connectivity index (χ0) is 25.2. The van der Waals surface area contributed by atoms with Gasteiger partial charge in [0.2, 0.25) is 0 Å². The molecule has 0 unspecified atom stereocenters. The fraction of sp³-hybridized carbons (Fsp3) is 0.286. The molecular formula is C28H28ClN7O. The van der Waals surface area contributed by atoms with Crippen LogP contribution in [0.5, 0.6) is 0 Å². The van der Waals surface area contributed by atoms with Crippen LogP contribution in [-0.4, -0.2) is 48.6 Å². The second-order valence-electron chi connectivity index (χ2n) is 9.46. The molecule has 0 amide bonds. The lowest BCUT2D eigenvalue weighted by Gasteiger charge is -2.33. The van der Waals surface area contributed by atoms with Gasteiger partial charge in [0.1, 0.15) is 23.1 Å². The minimum Gasteiger partial charge on any atom is -0.495 e. The number of ether oxygens (including phenoxy) is 1. The Labute approximate surface area is 220 Å². The van der Waals surface area contributed by atoms with Crippen LogP contribution in [0.1, 0.15) is 31.2 Å². The molecule has 5 heterocycles. The zero-order valence-corrected chi connectivity index (χ0v) is 21.2. The van der Waals surface area contributed by atoms with Gasteiger partial charge in [0.25, 0.3) is 0 Å². The molecule has 0 atom stereocenters. The number of nitrogens with zero attached hydrogens (tertiary/aromatic N) is 6. The first kappa shape index (κ1) is 23.6. The molecule has 1 fully saturated rings. The summed E-state index contributed by atoms with van der Waals surface area (Å²) in [6, 6.07) is 11.6. The number of aromatic nitrogens is 5. The molecule has 0 spiro atoms. The highest BCUT2D eigenvalue weighted by Crippen LogP contribution is 2.33. The molecule has 6 rings (SSSR count). The van der Waals surface area contributed by atoms with E-state index in [1.54, 1.807) is 18.6 Å². The van der Waals surface area contributed by atoms with Crippen molar-refractivity contribution in [3.05, 3.63) is 83.5 Å². The van der Waals surface area contributed by atoms with Crippen LogP contribution in [0, 0.1) is 0 Å². The van der Waals surface area contributed by atoms with Crippen LogP contribution in [0.4, 0.5) is 5.82 Å². The maximum Gasteiger partial charge on any atom is 0.165 e. The SMILES string of the molecule is Nc1cc(CN2CCC(OC3=CC=C(n4c(-c5ccccn5)nc5cc(Cl)cnc54)CC3)CC2)ccn1. The van der Waals surface area contributed by atoms with Gasteiger partial charge in [0.05, 0.1) is 10.8 Å². The molecule has 0 aromatic carbocycles. The van der Waals surface area contributed by atoms with E-state index < -0.39 is 0 Å². The molecule has 1 aliphatic heterocycles. The number of imidazole rings is 1.